The maximum absolute atomic E-state index is 12.5. The molecule has 1 aliphatic rings. The molecule has 1 aromatic carbocycles. The van der Waals surface area contributed by atoms with Gasteiger partial charge in [-0.2, -0.15) is 0 Å². The summed E-state index contributed by atoms with van der Waals surface area (Å²) in [6.07, 6.45) is -0.117. The molecule has 0 aliphatic carbocycles. The summed E-state index contributed by atoms with van der Waals surface area (Å²) >= 11 is 0. The second kappa shape index (κ2) is 6.04. The Morgan fingerprint density at radius 2 is 1.91 bits per heavy atom. The van der Waals surface area contributed by atoms with E-state index in [0.717, 1.165) is 24.5 Å². The van der Waals surface area contributed by atoms with E-state index >= 15 is 0 Å². The third-order valence-electron chi connectivity index (χ3n) is 4.39. The Morgan fingerprint density at radius 1 is 1.22 bits per heavy atom. The molecule has 122 valence electrons. The highest BCUT2D eigenvalue weighted by Gasteiger charge is 2.25. The lowest BCUT2D eigenvalue weighted by atomic mass is 10.2. The molecular weight excluding hydrogens is 292 g/mol. The average Bonchev–Trinajstić information content (AvgIpc) is 2.56. The number of aromatic nitrogens is 2. The number of ether oxygens (including phenoxy) is 1. The van der Waals surface area contributed by atoms with Crippen LogP contribution in [-0.2, 0) is 0 Å². The molecule has 1 aliphatic heterocycles. The van der Waals surface area contributed by atoms with Crippen LogP contribution in [-0.4, -0.2) is 34.8 Å². The molecule has 0 radical (unpaired) electrons. The zero-order valence-corrected chi connectivity index (χ0v) is 14.0. The van der Waals surface area contributed by atoms with E-state index in [9.17, 15) is 4.79 Å². The molecule has 3 rings (SSSR count). The first-order valence-corrected chi connectivity index (χ1v) is 7.95. The van der Waals surface area contributed by atoms with Crippen molar-refractivity contribution in [2.75, 3.05) is 25.0 Å². The predicted octanol–water partition coefficient (Wildman–Crippen LogP) is 2.98. The van der Waals surface area contributed by atoms with E-state index in [2.05, 4.69) is 23.8 Å². The number of hydrogen-bond acceptors (Lipinski definition) is 5. The highest BCUT2D eigenvalue weighted by molar-refractivity contribution is 5.75. The standard InChI is InChI=1S/C17H22N4O2/c1-5-20(6-2)12(3)21-16(22)11-14-17(18-21)23-15-10-8-7-9-13(15)19(14)4/h7-12H,5-6H2,1-4H3. The summed E-state index contributed by atoms with van der Waals surface area (Å²) in [5.41, 5.74) is 1.49. The van der Waals surface area contributed by atoms with E-state index < -0.39 is 0 Å². The predicted molar refractivity (Wildman–Crippen MR) is 90.7 cm³/mol. The second-order valence-corrected chi connectivity index (χ2v) is 5.60. The fraction of sp³-hybridized carbons (Fsp3) is 0.412. The van der Waals surface area contributed by atoms with Crippen LogP contribution in [0, 0.1) is 0 Å². The van der Waals surface area contributed by atoms with Gasteiger partial charge in [0.05, 0.1) is 5.69 Å². The molecule has 2 aromatic rings. The van der Waals surface area contributed by atoms with E-state index in [1.807, 2.05) is 43.1 Å². The number of hydrogen-bond donors (Lipinski definition) is 0. The zero-order valence-electron chi connectivity index (χ0n) is 14.0. The summed E-state index contributed by atoms with van der Waals surface area (Å²) in [5, 5.41) is 4.48. The van der Waals surface area contributed by atoms with Crippen molar-refractivity contribution < 1.29 is 4.74 Å². The Bertz CT molecular complexity index is 767. The van der Waals surface area contributed by atoms with Crippen molar-refractivity contribution in [2.45, 2.75) is 26.9 Å². The van der Waals surface area contributed by atoms with E-state index in [1.54, 1.807) is 6.07 Å². The lowest BCUT2D eigenvalue weighted by Crippen LogP contribution is -2.38. The molecule has 1 atom stereocenters. The van der Waals surface area contributed by atoms with E-state index in [1.165, 1.54) is 4.68 Å². The van der Waals surface area contributed by atoms with Gasteiger partial charge in [0, 0.05) is 13.1 Å². The minimum absolute atomic E-state index is 0.117. The molecule has 0 N–H and O–H groups in total. The normalized spacial score (nSPS) is 14.2. The average molecular weight is 314 g/mol. The van der Waals surface area contributed by atoms with Gasteiger partial charge >= 0.3 is 0 Å². The first-order valence-electron chi connectivity index (χ1n) is 7.95. The first-order chi connectivity index (χ1) is 11.1. The topological polar surface area (TPSA) is 50.6 Å². The van der Waals surface area contributed by atoms with E-state index in [-0.39, 0.29) is 11.7 Å². The van der Waals surface area contributed by atoms with Crippen LogP contribution in [0.3, 0.4) is 0 Å². The van der Waals surface area contributed by atoms with Gasteiger partial charge in [-0.3, -0.25) is 9.69 Å². The van der Waals surface area contributed by atoms with Gasteiger partial charge < -0.3 is 9.64 Å². The molecule has 2 heterocycles. The van der Waals surface area contributed by atoms with Crippen molar-refractivity contribution in [1.82, 2.24) is 14.7 Å². The molecular formula is C17H22N4O2. The lowest BCUT2D eigenvalue weighted by Gasteiger charge is -2.31. The molecule has 1 aromatic heterocycles. The van der Waals surface area contributed by atoms with Crippen molar-refractivity contribution in [1.29, 1.82) is 0 Å². The van der Waals surface area contributed by atoms with Gasteiger partial charge in [-0.05, 0) is 32.1 Å². The fourth-order valence-electron chi connectivity index (χ4n) is 2.99. The SMILES string of the molecule is CCN(CC)C(C)n1nc2c(cc1=O)N(C)c1ccccc1O2. The van der Waals surface area contributed by atoms with Crippen LogP contribution < -0.4 is 15.2 Å². The van der Waals surface area contributed by atoms with Crippen LogP contribution in [0.2, 0.25) is 0 Å². The smallest absolute Gasteiger partial charge is 0.270 e. The van der Waals surface area contributed by atoms with Crippen molar-refractivity contribution in [3.63, 3.8) is 0 Å². The Balaban J connectivity index is 2.05. The van der Waals surface area contributed by atoms with Crippen LogP contribution in [0.5, 0.6) is 11.6 Å². The van der Waals surface area contributed by atoms with Crippen molar-refractivity contribution in [3.8, 4) is 11.6 Å². The van der Waals surface area contributed by atoms with E-state index in [4.69, 9.17) is 4.74 Å². The summed E-state index contributed by atoms with van der Waals surface area (Å²) in [4.78, 5) is 16.6. The number of benzene rings is 1. The maximum atomic E-state index is 12.5. The van der Waals surface area contributed by atoms with Crippen molar-refractivity contribution in [3.05, 3.63) is 40.7 Å². The van der Waals surface area contributed by atoms with Gasteiger partial charge in [0.25, 0.3) is 11.4 Å². The summed E-state index contributed by atoms with van der Waals surface area (Å²) in [7, 11) is 1.92. The summed E-state index contributed by atoms with van der Waals surface area (Å²) in [6, 6.07) is 9.33. The monoisotopic (exact) mass is 314 g/mol. The Hall–Kier alpha value is -2.34. The number of para-hydroxylation sites is 2. The third-order valence-corrected chi connectivity index (χ3v) is 4.39. The lowest BCUT2D eigenvalue weighted by molar-refractivity contribution is 0.151. The Morgan fingerprint density at radius 3 is 2.61 bits per heavy atom. The van der Waals surface area contributed by atoms with Crippen molar-refractivity contribution in [2.24, 2.45) is 0 Å². The molecule has 0 saturated heterocycles. The summed E-state index contributed by atoms with van der Waals surface area (Å²) in [5.74, 6) is 1.21. The first kappa shape index (κ1) is 15.6. The molecule has 1 unspecified atom stereocenters. The summed E-state index contributed by atoms with van der Waals surface area (Å²) < 4.78 is 7.40. The number of anilines is 2. The molecule has 23 heavy (non-hydrogen) atoms. The van der Waals surface area contributed by atoms with Gasteiger partial charge in [0.15, 0.2) is 5.75 Å². The van der Waals surface area contributed by atoms with Gasteiger partial charge in [-0.1, -0.05) is 26.0 Å². The van der Waals surface area contributed by atoms with Crippen LogP contribution in [0.1, 0.15) is 26.9 Å². The summed E-state index contributed by atoms with van der Waals surface area (Å²) in [6.45, 7) is 7.83. The molecule has 0 fully saturated rings. The molecule has 0 saturated carbocycles. The van der Waals surface area contributed by atoms with Gasteiger partial charge in [-0.15, -0.1) is 5.10 Å². The minimum atomic E-state index is -0.127. The highest BCUT2D eigenvalue weighted by atomic mass is 16.5. The van der Waals surface area contributed by atoms with Crippen LogP contribution >= 0.6 is 0 Å². The van der Waals surface area contributed by atoms with Crippen molar-refractivity contribution >= 4 is 11.4 Å². The van der Waals surface area contributed by atoms with Gasteiger partial charge in [0.2, 0.25) is 0 Å². The third kappa shape index (κ3) is 2.59. The van der Waals surface area contributed by atoms with Gasteiger partial charge in [-0.25, -0.2) is 4.68 Å². The molecule has 0 amide bonds. The quantitative estimate of drug-likeness (QED) is 0.868. The number of rotatable bonds is 4. The second-order valence-electron chi connectivity index (χ2n) is 5.60. The molecule has 6 heteroatoms. The maximum Gasteiger partial charge on any atom is 0.270 e. The van der Waals surface area contributed by atoms with Crippen LogP contribution in [0.15, 0.2) is 35.1 Å². The highest BCUT2D eigenvalue weighted by Crippen LogP contribution is 2.43. The number of nitrogens with zero attached hydrogens (tertiary/aromatic N) is 4. The van der Waals surface area contributed by atoms with Crippen LogP contribution in [0.25, 0.3) is 0 Å². The van der Waals surface area contributed by atoms with Gasteiger partial charge in [0.1, 0.15) is 11.9 Å². The van der Waals surface area contributed by atoms with E-state index in [0.29, 0.717) is 11.6 Å². The van der Waals surface area contributed by atoms with Crippen LogP contribution in [0.4, 0.5) is 11.4 Å². The zero-order chi connectivity index (χ0) is 16.6. The molecule has 0 bridgehead atoms. The largest absolute Gasteiger partial charge is 0.434 e. The Kier molecular flexibility index (Phi) is 4.09. The number of fused-ring (bicyclic) bond motifs is 2. The molecule has 6 nitrogen and oxygen atoms in total. The molecule has 0 spiro atoms. The fourth-order valence-corrected chi connectivity index (χ4v) is 2.99. The Labute approximate surface area is 135 Å². The minimum Gasteiger partial charge on any atom is -0.434 e.